The first kappa shape index (κ1) is 33.6. The molecule has 45 heavy (non-hydrogen) atoms. The molecule has 0 aliphatic carbocycles. The van der Waals surface area contributed by atoms with Gasteiger partial charge in [0.25, 0.3) is 0 Å². The molecule has 0 bridgehead atoms. The van der Waals surface area contributed by atoms with Crippen molar-refractivity contribution < 1.29 is 9.59 Å². The summed E-state index contributed by atoms with van der Waals surface area (Å²) >= 11 is 13.9. The molecule has 0 fully saturated rings. The van der Waals surface area contributed by atoms with Gasteiger partial charge >= 0.3 is 0 Å². The van der Waals surface area contributed by atoms with E-state index in [0.29, 0.717) is 71.9 Å². The standard InChI is InChI=1S/C34H37Cl2N7O2/c1-5-28(30-8-6-7-29(34(30)36)26-11-9-25(10-12-26)20-37-14-16-39-23(3)44)33(35)22(2)27-13-18-43-32(19-27)41-31(42-43)21-38-15-17-40-24(4)45/h5-13,18-19,37-38H,1-2,14-17,20-21H2,3-4H3,(H,39,44)(H,40,45)/b33-28-. The molecule has 4 rings (SSSR count). The number of carbonyl (C=O) groups excluding carboxylic acids is 2. The highest BCUT2D eigenvalue weighted by Crippen LogP contribution is 2.39. The first-order chi connectivity index (χ1) is 21.7. The predicted molar refractivity (Wildman–Crippen MR) is 183 cm³/mol. The first-order valence-electron chi connectivity index (χ1n) is 14.5. The van der Waals surface area contributed by atoms with Crippen LogP contribution in [0.1, 0.15) is 36.4 Å². The van der Waals surface area contributed by atoms with Gasteiger partial charge in [0.05, 0.1) is 16.6 Å². The molecule has 0 radical (unpaired) electrons. The number of aromatic nitrogens is 3. The van der Waals surface area contributed by atoms with Crippen LogP contribution in [0.2, 0.25) is 5.02 Å². The molecular weight excluding hydrogens is 609 g/mol. The molecule has 0 aliphatic heterocycles. The number of nitrogens with one attached hydrogen (secondary N) is 4. The molecule has 0 atom stereocenters. The van der Waals surface area contributed by atoms with Gasteiger partial charge in [0.1, 0.15) is 0 Å². The molecule has 0 aliphatic rings. The Labute approximate surface area is 273 Å². The van der Waals surface area contributed by atoms with Gasteiger partial charge in [-0.25, -0.2) is 9.50 Å². The number of pyridine rings is 1. The Bertz CT molecular complexity index is 1730. The molecule has 0 saturated carbocycles. The van der Waals surface area contributed by atoms with Gasteiger partial charge in [0.15, 0.2) is 11.5 Å². The van der Waals surface area contributed by atoms with Gasteiger partial charge in [0.2, 0.25) is 11.8 Å². The van der Waals surface area contributed by atoms with Crippen molar-refractivity contribution in [1.29, 1.82) is 0 Å². The molecule has 11 heteroatoms. The molecule has 0 unspecified atom stereocenters. The average Bonchev–Trinajstić information content (AvgIpc) is 3.43. The topological polar surface area (TPSA) is 112 Å². The SMILES string of the molecule is C=C/C(=C(/Cl)C(=C)c1ccn2nc(CNCCNC(C)=O)nc2c1)c1cccc(-c2ccc(CNCCNC(C)=O)cc2)c1Cl. The normalized spacial score (nSPS) is 11.6. The Balaban J connectivity index is 1.49. The molecule has 2 aromatic heterocycles. The van der Waals surface area contributed by atoms with Crippen LogP contribution in [0.4, 0.5) is 0 Å². The van der Waals surface area contributed by atoms with Crippen LogP contribution < -0.4 is 21.3 Å². The van der Waals surface area contributed by atoms with Crippen molar-refractivity contribution in [2.75, 3.05) is 26.2 Å². The summed E-state index contributed by atoms with van der Waals surface area (Å²) in [6.07, 6.45) is 3.51. The minimum absolute atomic E-state index is 0.0374. The lowest BCUT2D eigenvalue weighted by molar-refractivity contribution is -0.119. The Kier molecular flexibility index (Phi) is 12.1. The number of fused-ring (bicyclic) bond motifs is 1. The maximum atomic E-state index is 11.0. The monoisotopic (exact) mass is 645 g/mol. The fourth-order valence-electron chi connectivity index (χ4n) is 4.65. The van der Waals surface area contributed by atoms with Gasteiger partial charge < -0.3 is 21.3 Å². The van der Waals surface area contributed by atoms with E-state index in [1.165, 1.54) is 13.8 Å². The molecular formula is C34H37Cl2N7O2. The predicted octanol–water partition coefficient (Wildman–Crippen LogP) is 5.35. The molecule has 2 heterocycles. The van der Waals surface area contributed by atoms with Crippen LogP contribution in [-0.4, -0.2) is 52.6 Å². The highest BCUT2D eigenvalue weighted by atomic mass is 35.5. The summed E-state index contributed by atoms with van der Waals surface area (Å²) in [6, 6.07) is 17.8. The summed E-state index contributed by atoms with van der Waals surface area (Å²) in [7, 11) is 0. The van der Waals surface area contributed by atoms with Gasteiger partial charge in [-0.1, -0.05) is 84.9 Å². The van der Waals surface area contributed by atoms with Gasteiger partial charge in [-0.3, -0.25) is 9.59 Å². The molecule has 4 aromatic rings. The van der Waals surface area contributed by atoms with Crippen molar-refractivity contribution in [2.24, 2.45) is 0 Å². The van der Waals surface area contributed by atoms with Crippen LogP contribution in [0.15, 0.2) is 85.1 Å². The smallest absolute Gasteiger partial charge is 0.216 e. The summed E-state index contributed by atoms with van der Waals surface area (Å²) in [6.45, 7) is 14.8. The van der Waals surface area contributed by atoms with Crippen LogP contribution in [0.3, 0.4) is 0 Å². The number of amides is 2. The van der Waals surface area contributed by atoms with Crippen molar-refractivity contribution in [1.82, 2.24) is 35.9 Å². The molecule has 2 amide bonds. The van der Waals surface area contributed by atoms with Gasteiger partial charge in [-0.15, -0.1) is 5.10 Å². The number of nitrogens with zero attached hydrogens (tertiary/aromatic N) is 3. The molecule has 234 valence electrons. The first-order valence-corrected chi connectivity index (χ1v) is 15.3. The molecule has 4 N–H and O–H groups in total. The molecule has 2 aromatic carbocycles. The molecule has 0 spiro atoms. The Morgan fingerprint density at radius 2 is 1.60 bits per heavy atom. The van der Waals surface area contributed by atoms with E-state index in [1.807, 2.05) is 48.7 Å². The van der Waals surface area contributed by atoms with E-state index in [1.54, 1.807) is 10.6 Å². The van der Waals surface area contributed by atoms with Crippen molar-refractivity contribution in [2.45, 2.75) is 26.9 Å². The molecule has 0 saturated heterocycles. The zero-order chi connectivity index (χ0) is 32.3. The largest absolute Gasteiger partial charge is 0.355 e. The maximum absolute atomic E-state index is 11.0. The third kappa shape index (κ3) is 9.12. The third-order valence-electron chi connectivity index (χ3n) is 6.95. The summed E-state index contributed by atoms with van der Waals surface area (Å²) in [5.74, 6) is 0.526. The highest BCUT2D eigenvalue weighted by Gasteiger charge is 2.16. The van der Waals surface area contributed by atoms with E-state index < -0.39 is 0 Å². The Hall–Kier alpha value is -4.28. The van der Waals surface area contributed by atoms with Gasteiger partial charge in [-0.2, -0.15) is 0 Å². The van der Waals surface area contributed by atoms with Crippen LogP contribution in [0, 0.1) is 0 Å². The van der Waals surface area contributed by atoms with Crippen molar-refractivity contribution in [3.05, 3.63) is 113 Å². The maximum Gasteiger partial charge on any atom is 0.216 e. The average molecular weight is 647 g/mol. The van der Waals surface area contributed by atoms with E-state index in [-0.39, 0.29) is 11.8 Å². The van der Waals surface area contributed by atoms with Crippen molar-refractivity contribution >= 4 is 51.8 Å². The van der Waals surface area contributed by atoms with Crippen LogP contribution in [0.25, 0.3) is 27.9 Å². The number of halogens is 2. The molecule has 9 nitrogen and oxygen atoms in total. The van der Waals surface area contributed by atoms with E-state index in [9.17, 15) is 9.59 Å². The summed E-state index contributed by atoms with van der Waals surface area (Å²) in [4.78, 5) is 26.6. The number of benzene rings is 2. The Morgan fingerprint density at radius 3 is 2.24 bits per heavy atom. The number of hydrogen-bond donors (Lipinski definition) is 4. The van der Waals surface area contributed by atoms with E-state index in [0.717, 1.165) is 27.8 Å². The van der Waals surface area contributed by atoms with Gasteiger partial charge in [-0.05, 0) is 34.4 Å². The fourth-order valence-corrected chi connectivity index (χ4v) is 5.27. The number of allylic oxidation sites excluding steroid dienone is 4. The second-order valence-electron chi connectivity index (χ2n) is 10.3. The minimum Gasteiger partial charge on any atom is -0.355 e. The number of rotatable bonds is 15. The summed E-state index contributed by atoms with van der Waals surface area (Å²) in [5, 5.41) is 17.5. The third-order valence-corrected chi connectivity index (χ3v) is 7.79. The quantitative estimate of drug-likeness (QED) is 0.102. The van der Waals surface area contributed by atoms with Crippen molar-refractivity contribution in [3.8, 4) is 11.1 Å². The minimum atomic E-state index is -0.0649. The lowest BCUT2D eigenvalue weighted by Crippen LogP contribution is -2.30. The zero-order valence-electron chi connectivity index (χ0n) is 25.4. The lowest BCUT2D eigenvalue weighted by atomic mass is 9.95. The lowest BCUT2D eigenvalue weighted by Gasteiger charge is -2.15. The van der Waals surface area contributed by atoms with Crippen LogP contribution in [-0.2, 0) is 22.7 Å². The van der Waals surface area contributed by atoms with Gasteiger partial charge in [0, 0.05) is 69.5 Å². The second-order valence-corrected chi connectivity index (χ2v) is 11.1. The highest BCUT2D eigenvalue weighted by molar-refractivity contribution is 6.42. The number of hydrogen-bond acceptors (Lipinski definition) is 6. The summed E-state index contributed by atoms with van der Waals surface area (Å²) in [5.41, 5.74) is 6.42. The number of carbonyl (C=O) groups is 2. The van der Waals surface area contributed by atoms with Crippen molar-refractivity contribution in [3.63, 3.8) is 0 Å². The fraction of sp³-hybridized carbons (Fsp3) is 0.235. The van der Waals surface area contributed by atoms with E-state index in [4.69, 9.17) is 23.2 Å². The second kappa shape index (κ2) is 16.2. The van der Waals surface area contributed by atoms with E-state index >= 15 is 0 Å². The zero-order valence-corrected chi connectivity index (χ0v) is 26.9. The van der Waals surface area contributed by atoms with Crippen LogP contribution in [0.5, 0.6) is 0 Å². The summed E-state index contributed by atoms with van der Waals surface area (Å²) < 4.78 is 1.70. The van der Waals surface area contributed by atoms with E-state index in [2.05, 4.69) is 56.6 Å². The Morgan fingerprint density at radius 1 is 0.933 bits per heavy atom. The van der Waals surface area contributed by atoms with Crippen LogP contribution >= 0.6 is 23.2 Å².